The second kappa shape index (κ2) is 9.11. The van der Waals surface area contributed by atoms with Gasteiger partial charge in [-0.1, -0.05) is 18.2 Å². The second-order valence-corrected chi connectivity index (χ2v) is 7.16. The van der Waals surface area contributed by atoms with Crippen LogP contribution in [0.3, 0.4) is 0 Å². The van der Waals surface area contributed by atoms with Crippen molar-refractivity contribution in [2.75, 3.05) is 26.2 Å². The minimum Gasteiger partial charge on any atom is -0.497 e. The van der Waals surface area contributed by atoms with Crippen molar-refractivity contribution in [1.29, 1.82) is 0 Å². The van der Waals surface area contributed by atoms with Crippen LogP contribution in [0.5, 0.6) is 17.2 Å². The first-order valence-electron chi connectivity index (χ1n) is 9.60. The summed E-state index contributed by atoms with van der Waals surface area (Å²) < 4.78 is 17.3. The van der Waals surface area contributed by atoms with Gasteiger partial charge in [-0.15, -0.1) is 0 Å². The van der Waals surface area contributed by atoms with Gasteiger partial charge in [0.1, 0.15) is 23.6 Å². The number of nitrogens with zero attached hydrogens (tertiary/aromatic N) is 5. The summed E-state index contributed by atoms with van der Waals surface area (Å²) in [5, 5.41) is -0.0182. The first kappa shape index (κ1) is 21.4. The highest BCUT2D eigenvalue weighted by atomic mass is 35.5. The van der Waals surface area contributed by atoms with Crippen LogP contribution in [0.25, 0.3) is 11.2 Å². The zero-order chi connectivity index (χ0) is 22.7. The fourth-order valence-corrected chi connectivity index (χ4v) is 3.37. The van der Waals surface area contributed by atoms with Crippen LogP contribution in [0, 0.1) is 0 Å². The van der Waals surface area contributed by atoms with Crippen LogP contribution in [-0.4, -0.2) is 46.9 Å². The lowest BCUT2D eigenvalue weighted by atomic mass is 10.1. The average Bonchev–Trinajstić information content (AvgIpc) is 3.23. The predicted molar refractivity (Wildman–Crippen MR) is 120 cm³/mol. The zero-order valence-electron chi connectivity index (χ0n) is 17.7. The molecule has 4 rings (SSSR count). The van der Waals surface area contributed by atoms with Gasteiger partial charge in [-0.3, -0.25) is 0 Å². The van der Waals surface area contributed by atoms with Gasteiger partial charge in [0.15, 0.2) is 17.0 Å². The van der Waals surface area contributed by atoms with Crippen LogP contribution < -0.4 is 19.1 Å². The van der Waals surface area contributed by atoms with Crippen LogP contribution in [-0.2, 0) is 6.54 Å². The molecule has 9 nitrogen and oxygen atoms in total. The van der Waals surface area contributed by atoms with E-state index in [0.29, 0.717) is 35.1 Å². The van der Waals surface area contributed by atoms with Gasteiger partial charge in [0.05, 0.1) is 14.2 Å². The van der Waals surface area contributed by atoms with Crippen molar-refractivity contribution in [3.05, 3.63) is 65.7 Å². The van der Waals surface area contributed by atoms with Crippen molar-refractivity contribution in [1.82, 2.24) is 19.5 Å². The fourth-order valence-electron chi connectivity index (χ4n) is 3.21. The number of para-hydroxylation sites is 1. The van der Waals surface area contributed by atoms with Gasteiger partial charge in [-0.05, 0) is 35.9 Å². The Bertz CT molecular complexity index is 1260. The molecule has 10 heteroatoms. The van der Waals surface area contributed by atoms with Crippen molar-refractivity contribution in [3.63, 3.8) is 0 Å². The van der Waals surface area contributed by atoms with E-state index >= 15 is 0 Å². The molecular weight excluding hydrogens is 434 g/mol. The standard InChI is InChI=1S/C22H20ClN5O4/c1-27(12-14-9-10-16(30-2)11-17(14)31-3)19-18-20(26-21(23)25-19)28(13-24-18)22(29)32-15-7-5-4-6-8-15/h4-11,13H,12H2,1-3H3. The molecule has 0 radical (unpaired) electrons. The molecule has 2 aromatic carbocycles. The van der Waals surface area contributed by atoms with Gasteiger partial charge in [0.2, 0.25) is 5.28 Å². The predicted octanol–water partition coefficient (Wildman–Crippen LogP) is 4.18. The molecule has 0 atom stereocenters. The maximum Gasteiger partial charge on any atom is 0.426 e. The van der Waals surface area contributed by atoms with Crippen LogP contribution in [0.2, 0.25) is 5.28 Å². The van der Waals surface area contributed by atoms with E-state index in [1.165, 1.54) is 10.9 Å². The summed E-state index contributed by atoms with van der Waals surface area (Å²) in [6.45, 7) is 0.441. The molecule has 2 aromatic heterocycles. The summed E-state index contributed by atoms with van der Waals surface area (Å²) in [6, 6.07) is 14.3. The molecule has 32 heavy (non-hydrogen) atoms. The number of carbonyl (C=O) groups excluding carboxylic acids is 1. The number of methoxy groups -OCH3 is 2. The lowest BCUT2D eigenvalue weighted by Gasteiger charge is -2.20. The highest BCUT2D eigenvalue weighted by Gasteiger charge is 2.21. The van der Waals surface area contributed by atoms with Crippen molar-refractivity contribution in [2.24, 2.45) is 0 Å². The van der Waals surface area contributed by atoms with Gasteiger partial charge in [0.25, 0.3) is 0 Å². The number of carbonyl (C=O) groups is 1. The summed E-state index contributed by atoms with van der Waals surface area (Å²) in [6.07, 6.45) is 0.686. The number of ether oxygens (including phenoxy) is 3. The fraction of sp³-hybridized carbons (Fsp3) is 0.182. The van der Waals surface area contributed by atoms with E-state index in [1.807, 2.05) is 30.1 Å². The summed E-state index contributed by atoms with van der Waals surface area (Å²) >= 11 is 6.18. The molecular formula is C22H20ClN5O4. The highest BCUT2D eigenvalue weighted by Crippen LogP contribution is 2.29. The molecule has 0 aliphatic heterocycles. The van der Waals surface area contributed by atoms with Crippen molar-refractivity contribution < 1.29 is 19.0 Å². The first-order valence-corrected chi connectivity index (χ1v) is 9.98. The minimum absolute atomic E-state index is 0.0182. The van der Waals surface area contributed by atoms with Crippen molar-refractivity contribution >= 4 is 34.7 Å². The Balaban J connectivity index is 1.66. The van der Waals surface area contributed by atoms with Gasteiger partial charge in [0, 0.05) is 25.2 Å². The number of rotatable bonds is 6. The first-order chi connectivity index (χ1) is 15.5. The molecule has 0 amide bonds. The molecule has 4 aromatic rings. The third-order valence-corrected chi connectivity index (χ3v) is 4.93. The zero-order valence-corrected chi connectivity index (χ0v) is 18.4. The number of hydrogen-bond donors (Lipinski definition) is 0. The monoisotopic (exact) mass is 453 g/mol. The largest absolute Gasteiger partial charge is 0.497 e. The number of anilines is 1. The van der Waals surface area contributed by atoms with Crippen LogP contribution in [0.1, 0.15) is 5.56 Å². The molecule has 164 valence electrons. The van der Waals surface area contributed by atoms with E-state index in [1.54, 1.807) is 44.6 Å². The van der Waals surface area contributed by atoms with Gasteiger partial charge < -0.3 is 19.1 Å². The number of benzene rings is 2. The molecule has 0 bridgehead atoms. The Hall–Kier alpha value is -3.85. The number of fused-ring (bicyclic) bond motifs is 1. The Morgan fingerprint density at radius 1 is 1.06 bits per heavy atom. The topological polar surface area (TPSA) is 91.6 Å². The Morgan fingerprint density at radius 2 is 1.84 bits per heavy atom. The third-order valence-electron chi connectivity index (χ3n) is 4.76. The second-order valence-electron chi connectivity index (χ2n) is 6.82. The summed E-state index contributed by atoms with van der Waals surface area (Å²) in [5.74, 6) is 2.23. The van der Waals surface area contributed by atoms with E-state index in [-0.39, 0.29) is 10.9 Å². The van der Waals surface area contributed by atoms with Gasteiger partial charge in [-0.25, -0.2) is 14.3 Å². The average molecular weight is 454 g/mol. The van der Waals surface area contributed by atoms with E-state index < -0.39 is 6.09 Å². The molecule has 0 saturated carbocycles. The smallest absolute Gasteiger partial charge is 0.426 e. The van der Waals surface area contributed by atoms with Gasteiger partial charge >= 0.3 is 6.09 Å². The van der Waals surface area contributed by atoms with Crippen LogP contribution in [0.4, 0.5) is 10.6 Å². The Kier molecular flexibility index (Phi) is 6.09. The van der Waals surface area contributed by atoms with Crippen molar-refractivity contribution in [3.8, 4) is 17.2 Å². The summed E-state index contributed by atoms with van der Waals surface area (Å²) in [5.41, 5.74) is 1.56. The Labute approximate surface area is 189 Å². The molecule has 0 aliphatic rings. The quantitative estimate of drug-likeness (QED) is 0.401. The molecule has 0 N–H and O–H groups in total. The number of halogens is 1. The SMILES string of the molecule is COc1ccc(CN(C)c2nc(Cl)nc3c2ncn3C(=O)Oc2ccccc2)c(OC)c1. The minimum atomic E-state index is -0.654. The van der Waals surface area contributed by atoms with Crippen LogP contribution >= 0.6 is 11.6 Å². The highest BCUT2D eigenvalue weighted by molar-refractivity contribution is 6.28. The maximum atomic E-state index is 12.7. The molecule has 0 unspecified atom stereocenters. The maximum absolute atomic E-state index is 12.7. The number of hydrogen-bond acceptors (Lipinski definition) is 8. The lowest BCUT2D eigenvalue weighted by Crippen LogP contribution is -2.20. The molecule has 0 saturated heterocycles. The normalized spacial score (nSPS) is 10.8. The van der Waals surface area contributed by atoms with E-state index in [0.717, 1.165) is 5.56 Å². The van der Waals surface area contributed by atoms with Crippen molar-refractivity contribution in [2.45, 2.75) is 6.54 Å². The molecule has 2 heterocycles. The lowest BCUT2D eigenvalue weighted by molar-refractivity contribution is 0.203. The van der Waals surface area contributed by atoms with E-state index in [9.17, 15) is 4.79 Å². The summed E-state index contributed by atoms with van der Waals surface area (Å²) in [4.78, 5) is 27.4. The summed E-state index contributed by atoms with van der Waals surface area (Å²) in [7, 11) is 5.03. The molecule has 0 aliphatic carbocycles. The van der Waals surface area contributed by atoms with Crippen LogP contribution in [0.15, 0.2) is 54.9 Å². The van der Waals surface area contributed by atoms with Gasteiger partial charge in [-0.2, -0.15) is 9.97 Å². The molecule has 0 fully saturated rings. The van der Waals surface area contributed by atoms with E-state index in [4.69, 9.17) is 25.8 Å². The molecule has 0 spiro atoms. The number of imidazole rings is 1. The Morgan fingerprint density at radius 3 is 2.56 bits per heavy atom. The van der Waals surface area contributed by atoms with E-state index in [2.05, 4.69) is 15.0 Å². The number of aromatic nitrogens is 4. The third kappa shape index (κ3) is 4.28.